The molecule has 1 N–H and O–H groups in total. The second-order valence-electron chi connectivity index (χ2n) is 9.82. The van der Waals surface area contributed by atoms with Crippen molar-refractivity contribution in [2.24, 2.45) is 0 Å². The van der Waals surface area contributed by atoms with E-state index in [1.807, 2.05) is 31.5 Å². The summed E-state index contributed by atoms with van der Waals surface area (Å²) in [6.07, 6.45) is 21.9. The maximum Gasteiger partial charge on any atom is 0.0432 e. The van der Waals surface area contributed by atoms with Gasteiger partial charge in [-0.1, -0.05) is 48.3 Å². The molecular weight excluding hydrogens is 436 g/mol. The molecule has 3 heterocycles. The normalized spacial score (nSPS) is 15.9. The Morgan fingerprint density at radius 3 is 2.53 bits per heavy atom. The van der Waals surface area contributed by atoms with Gasteiger partial charge in [0.2, 0.25) is 0 Å². The Bertz CT molecular complexity index is 1500. The standard InChI is InChI=1S/C26H21N.C8H9N/c1-18-6-7-20(17-27-18)9-8-19-10-13-24-22(16-19)12-15-25-23-5-3-2-4-21(23)11-14-26(24)25;1-3-8-4-2-7(1)5-6-9-8/h2,4,6-7,10-11,13-14,16-17H,3,5,12,15H2,1H3;1,3,5-6,9H,2,4H2. The van der Waals surface area contributed by atoms with Crippen LogP contribution in [-0.2, 0) is 19.3 Å². The summed E-state index contributed by atoms with van der Waals surface area (Å²) in [5.41, 5.74) is 14.6. The van der Waals surface area contributed by atoms with Gasteiger partial charge >= 0.3 is 0 Å². The lowest BCUT2D eigenvalue weighted by Gasteiger charge is -2.25. The molecule has 0 saturated heterocycles. The van der Waals surface area contributed by atoms with Crippen LogP contribution in [0.5, 0.6) is 0 Å². The molecule has 2 heteroatoms. The van der Waals surface area contributed by atoms with Crippen LogP contribution in [0.3, 0.4) is 0 Å². The fourth-order valence-corrected chi connectivity index (χ4v) is 5.39. The fourth-order valence-electron chi connectivity index (χ4n) is 5.39. The molecule has 8 rings (SSSR count). The molecule has 0 amide bonds. The number of benzene rings is 2. The summed E-state index contributed by atoms with van der Waals surface area (Å²) in [6.45, 7) is 1.99. The average Bonchev–Trinajstić information content (AvgIpc) is 3.31. The van der Waals surface area contributed by atoms with Crippen molar-refractivity contribution in [1.29, 1.82) is 0 Å². The Morgan fingerprint density at radius 1 is 0.778 bits per heavy atom. The average molecular weight is 467 g/mol. The molecule has 2 aliphatic heterocycles. The van der Waals surface area contributed by atoms with E-state index in [-0.39, 0.29) is 0 Å². The second kappa shape index (κ2) is 9.88. The zero-order valence-electron chi connectivity index (χ0n) is 20.8. The van der Waals surface area contributed by atoms with Crippen molar-refractivity contribution in [1.82, 2.24) is 10.3 Å². The third-order valence-corrected chi connectivity index (χ3v) is 7.38. The van der Waals surface area contributed by atoms with Gasteiger partial charge in [0, 0.05) is 34.9 Å². The Labute approximate surface area is 214 Å². The quantitative estimate of drug-likeness (QED) is 0.354. The third kappa shape index (κ3) is 4.70. The van der Waals surface area contributed by atoms with Gasteiger partial charge in [0.15, 0.2) is 0 Å². The number of aryl methyl sites for hydroxylation is 2. The molecule has 1 aromatic heterocycles. The number of aromatic nitrogens is 1. The van der Waals surface area contributed by atoms with E-state index >= 15 is 0 Å². The van der Waals surface area contributed by atoms with Crippen LogP contribution in [0.1, 0.15) is 58.3 Å². The summed E-state index contributed by atoms with van der Waals surface area (Å²) in [4.78, 5) is 4.31. The molecule has 0 atom stereocenters. The van der Waals surface area contributed by atoms with Crippen molar-refractivity contribution in [2.75, 3.05) is 0 Å². The van der Waals surface area contributed by atoms with E-state index in [0.717, 1.165) is 29.7 Å². The molecule has 2 nitrogen and oxygen atoms in total. The first-order valence-corrected chi connectivity index (χ1v) is 12.9. The molecule has 0 radical (unpaired) electrons. The van der Waals surface area contributed by atoms with E-state index in [2.05, 4.69) is 82.9 Å². The van der Waals surface area contributed by atoms with Crippen LogP contribution in [0, 0.1) is 18.8 Å². The van der Waals surface area contributed by atoms with E-state index in [1.165, 1.54) is 59.2 Å². The highest BCUT2D eigenvalue weighted by atomic mass is 14.9. The predicted molar refractivity (Wildman–Crippen MR) is 149 cm³/mol. The first kappa shape index (κ1) is 22.4. The van der Waals surface area contributed by atoms with Crippen molar-refractivity contribution < 1.29 is 0 Å². The fraction of sp³-hybridized carbons (Fsp3) is 0.206. The van der Waals surface area contributed by atoms with Crippen LogP contribution in [-0.4, -0.2) is 4.98 Å². The van der Waals surface area contributed by atoms with Crippen molar-refractivity contribution in [3.63, 3.8) is 0 Å². The maximum atomic E-state index is 4.31. The van der Waals surface area contributed by atoms with Crippen molar-refractivity contribution >= 4 is 6.08 Å². The topological polar surface area (TPSA) is 24.9 Å². The maximum absolute atomic E-state index is 4.31. The Kier molecular flexibility index (Phi) is 6.14. The SMILES string of the molecule is C1=CC2=CC=C(CC2)N1.Cc1ccc(C#Cc2ccc3c(c2)CCc2c-3ccc3c2CCC=C3)cn1. The molecular formula is C34H30N2. The Balaban J connectivity index is 0.000000223. The first-order chi connectivity index (χ1) is 17.7. The minimum atomic E-state index is 0.961. The number of nitrogens with zero attached hydrogens (tertiary/aromatic N) is 1. The van der Waals surface area contributed by atoms with Gasteiger partial charge in [0.1, 0.15) is 0 Å². The van der Waals surface area contributed by atoms with Gasteiger partial charge in [0.05, 0.1) is 0 Å². The van der Waals surface area contributed by atoms with Gasteiger partial charge in [0.25, 0.3) is 0 Å². The van der Waals surface area contributed by atoms with Crippen LogP contribution in [0.15, 0.2) is 90.4 Å². The lowest BCUT2D eigenvalue weighted by Crippen LogP contribution is -2.10. The van der Waals surface area contributed by atoms with Crippen molar-refractivity contribution in [3.8, 4) is 23.0 Å². The largest absolute Gasteiger partial charge is 0.365 e. The number of rotatable bonds is 0. The summed E-state index contributed by atoms with van der Waals surface area (Å²) in [6, 6.07) is 15.3. The Hall–Kier alpha value is -4.09. The summed E-state index contributed by atoms with van der Waals surface area (Å²) in [7, 11) is 0. The van der Waals surface area contributed by atoms with Gasteiger partial charge in [-0.05, 0) is 121 Å². The molecule has 3 aromatic rings. The third-order valence-electron chi connectivity index (χ3n) is 7.38. The van der Waals surface area contributed by atoms with Crippen LogP contribution in [0.4, 0.5) is 0 Å². The van der Waals surface area contributed by atoms with Crippen LogP contribution in [0.25, 0.3) is 17.2 Å². The molecule has 5 aliphatic rings. The van der Waals surface area contributed by atoms with Gasteiger partial charge in [-0.25, -0.2) is 0 Å². The smallest absolute Gasteiger partial charge is 0.0432 e. The van der Waals surface area contributed by atoms with E-state index in [4.69, 9.17) is 0 Å². The molecule has 0 spiro atoms. The highest BCUT2D eigenvalue weighted by Gasteiger charge is 2.21. The zero-order chi connectivity index (χ0) is 24.3. The van der Waals surface area contributed by atoms with E-state index in [0.29, 0.717) is 0 Å². The monoisotopic (exact) mass is 466 g/mol. The van der Waals surface area contributed by atoms with Crippen LogP contribution < -0.4 is 5.32 Å². The highest BCUT2D eigenvalue weighted by molar-refractivity contribution is 5.78. The summed E-state index contributed by atoms with van der Waals surface area (Å²) in [5.74, 6) is 6.54. The number of allylic oxidation sites excluding steroid dienone is 6. The molecule has 3 aliphatic carbocycles. The lowest BCUT2D eigenvalue weighted by atomic mass is 9.79. The van der Waals surface area contributed by atoms with Gasteiger partial charge in [-0.2, -0.15) is 0 Å². The van der Waals surface area contributed by atoms with Crippen molar-refractivity contribution in [2.45, 2.75) is 45.4 Å². The van der Waals surface area contributed by atoms with E-state index in [9.17, 15) is 0 Å². The van der Waals surface area contributed by atoms with Gasteiger partial charge in [-0.15, -0.1) is 0 Å². The first-order valence-electron chi connectivity index (χ1n) is 12.9. The molecule has 2 aromatic carbocycles. The number of fused-ring (bicyclic) bond motifs is 8. The molecule has 0 saturated carbocycles. The number of hydrogen-bond donors (Lipinski definition) is 1. The predicted octanol–water partition coefficient (Wildman–Crippen LogP) is 7.22. The molecule has 36 heavy (non-hydrogen) atoms. The Morgan fingerprint density at radius 2 is 1.67 bits per heavy atom. The minimum absolute atomic E-state index is 0.961. The molecule has 0 unspecified atom stereocenters. The number of nitrogens with one attached hydrogen (secondary N) is 1. The number of hydrogen-bond acceptors (Lipinski definition) is 2. The van der Waals surface area contributed by atoms with Crippen LogP contribution >= 0.6 is 0 Å². The van der Waals surface area contributed by atoms with E-state index < -0.39 is 0 Å². The molecule has 0 fully saturated rings. The minimum Gasteiger partial charge on any atom is -0.365 e. The lowest BCUT2D eigenvalue weighted by molar-refractivity contribution is 0.874. The molecule has 176 valence electrons. The highest BCUT2D eigenvalue weighted by Crippen LogP contribution is 2.38. The molecule has 2 bridgehead atoms. The van der Waals surface area contributed by atoms with Gasteiger partial charge < -0.3 is 5.32 Å². The number of pyridine rings is 1. The second-order valence-corrected chi connectivity index (χ2v) is 9.82. The summed E-state index contributed by atoms with van der Waals surface area (Å²) in [5, 5.41) is 3.20. The van der Waals surface area contributed by atoms with Crippen molar-refractivity contribution in [3.05, 3.63) is 130 Å². The zero-order valence-corrected chi connectivity index (χ0v) is 20.8. The summed E-state index contributed by atoms with van der Waals surface area (Å²) < 4.78 is 0. The van der Waals surface area contributed by atoms with Crippen LogP contribution in [0.2, 0.25) is 0 Å². The van der Waals surface area contributed by atoms with Gasteiger partial charge in [-0.3, -0.25) is 4.98 Å². The van der Waals surface area contributed by atoms with E-state index in [1.54, 1.807) is 11.1 Å². The summed E-state index contributed by atoms with van der Waals surface area (Å²) >= 11 is 0.